The summed E-state index contributed by atoms with van der Waals surface area (Å²) < 4.78 is 26.6. The third-order valence-corrected chi connectivity index (χ3v) is 5.49. The molecule has 1 saturated carbocycles. The molecule has 1 aromatic heterocycles. The number of rotatable bonds is 5. The van der Waals surface area contributed by atoms with Crippen LogP contribution in [0.3, 0.4) is 0 Å². The van der Waals surface area contributed by atoms with Crippen molar-refractivity contribution < 1.29 is 8.42 Å². The van der Waals surface area contributed by atoms with Crippen LogP contribution in [-0.4, -0.2) is 20.3 Å². The maximum absolute atomic E-state index is 11.8. The summed E-state index contributed by atoms with van der Waals surface area (Å²) in [4.78, 5) is 1.01. The van der Waals surface area contributed by atoms with E-state index in [1.54, 1.807) is 6.07 Å². The molecule has 6 heteroatoms. The van der Waals surface area contributed by atoms with Gasteiger partial charge in [0.1, 0.15) is 4.21 Å². The van der Waals surface area contributed by atoms with E-state index in [1.165, 1.54) is 11.3 Å². The van der Waals surface area contributed by atoms with Gasteiger partial charge in [0.05, 0.1) is 0 Å². The van der Waals surface area contributed by atoms with Crippen LogP contribution in [-0.2, 0) is 16.4 Å². The Labute approximate surface area is 98.5 Å². The van der Waals surface area contributed by atoms with Crippen molar-refractivity contribution in [2.24, 2.45) is 0 Å². The largest absolute Gasteiger partial charge is 0.250 e. The predicted molar refractivity (Wildman–Crippen MR) is 62.1 cm³/mol. The van der Waals surface area contributed by atoms with E-state index >= 15 is 0 Å². The zero-order valence-corrected chi connectivity index (χ0v) is 10.5. The van der Waals surface area contributed by atoms with Crippen molar-refractivity contribution in [3.63, 3.8) is 0 Å². The average molecular weight is 266 g/mol. The highest BCUT2D eigenvalue weighted by atomic mass is 35.5. The predicted octanol–water partition coefficient (Wildman–Crippen LogP) is 1.97. The average Bonchev–Trinajstić information content (AvgIpc) is 2.82. The minimum Gasteiger partial charge on any atom is -0.207 e. The molecule has 0 aromatic carbocycles. The molecule has 84 valence electrons. The van der Waals surface area contributed by atoms with Gasteiger partial charge in [-0.15, -0.1) is 22.9 Å². The van der Waals surface area contributed by atoms with Crippen LogP contribution < -0.4 is 4.72 Å². The lowest BCUT2D eigenvalue weighted by atomic mass is 10.4. The maximum atomic E-state index is 11.8. The molecule has 0 saturated heterocycles. The minimum absolute atomic E-state index is 0.161. The van der Waals surface area contributed by atoms with E-state index in [1.807, 2.05) is 6.07 Å². The molecule has 0 atom stereocenters. The maximum Gasteiger partial charge on any atom is 0.250 e. The molecule has 0 amide bonds. The van der Waals surface area contributed by atoms with Crippen molar-refractivity contribution in [1.82, 2.24) is 4.72 Å². The lowest BCUT2D eigenvalue weighted by molar-refractivity contribution is 0.583. The van der Waals surface area contributed by atoms with Gasteiger partial charge in [-0.1, -0.05) is 0 Å². The summed E-state index contributed by atoms with van der Waals surface area (Å²) in [7, 11) is -3.27. The van der Waals surface area contributed by atoms with Crippen LogP contribution in [0.2, 0.25) is 0 Å². The molecule has 1 aliphatic rings. The lowest BCUT2D eigenvalue weighted by Crippen LogP contribution is -2.24. The Bertz CT molecular complexity index is 437. The number of aryl methyl sites for hydroxylation is 1. The van der Waals surface area contributed by atoms with E-state index in [9.17, 15) is 8.42 Å². The third kappa shape index (κ3) is 2.93. The third-order valence-electron chi connectivity index (χ3n) is 2.14. The van der Waals surface area contributed by atoms with Crippen molar-refractivity contribution >= 4 is 33.0 Å². The van der Waals surface area contributed by atoms with E-state index in [0.717, 1.165) is 24.1 Å². The second-order valence-corrected chi connectivity index (χ2v) is 7.04. The van der Waals surface area contributed by atoms with Crippen molar-refractivity contribution in [1.29, 1.82) is 0 Å². The molecular formula is C9H12ClNO2S2. The molecule has 3 nitrogen and oxygen atoms in total. The minimum atomic E-state index is -3.27. The number of halogens is 1. The molecule has 1 heterocycles. The summed E-state index contributed by atoms with van der Waals surface area (Å²) >= 11 is 6.89. The molecule has 0 radical (unpaired) electrons. The van der Waals surface area contributed by atoms with Crippen LogP contribution in [0.1, 0.15) is 17.7 Å². The highest BCUT2D eigenvalue weighted by Crippen LogP contribution is 2.26. The van der Waals surface area contributed by atoms with Gasteiger partial charge in [-0.3, -0.25) is 0 Å². The van der Waals surface area contributed by atoms with Crippen LogP contribution in [0, 0.1) is 0 Å². The van der Waals surface area contributed by atoms with Crippen LogP contribution in [0.25, 0.3) is 0 Å². The number of nitrogens with one attached hydrogen (secondary N) is 1. The fraction of sp³-hybridized carbons (Fsp3) is 0.556. The van der Waals surface area contributed by atoms with Gasteiger partial charge in [0.2, 0.25) is 10.0 Å². The van der Waals surface area contributed by atoms with Crippen LogP contribution in [0.15, 0.2) is 16.3 Å². The number of sulfonamides is 1. The first-order valence-electron chi connectivity index (χ1n) is 4.79. The van der Waals surface area contributed by atoms with Gasteiger partial charge in [-0.2, -0.15) is 0 Å². The Hall–Kier alpha value is -0.100. The summed E-state index contributed by atoms with van der Waals surface area (Å²) in [6.07, 6.45) is 2.64. The summed E-state index contributed by atoms with van der Waals surface area (Å²) in [5.41, 5.74) is 0. The second kappa shape index (κ2) is 4.41. The number of hydrogen-bond acceptors (Lipinski definition) is 3. The Morgan fingerprint density at radius 1 is 1.47 bits per heavy atom. The first kappa shape index (κ1) is 11.4. The summed E-state index contributed by atoms with van der Waals surface area (Å²) in [6.45, 7) is 0. The zero-order valence-electron chi connectivity index (χ0n) is 8.07. The molecule has 1 aromatic rings. The summed E-state index contributed by atoms with van der Waals surface area (Å²) in [5.74, 6) is 0.524. The Morgan fingerprint density at radius 2 is 2.20 bits per heavy atom. The fourth-order valence-electron chi connectivity index (χ4n) is 1.21. The van der Waals surface area contributed by atoms with Crippen LogP contribution in [0.5, 0.6) is 0 Å². The Balaban J connectivity index is 2.12. The first-order chi connectivity index (χ1) is 7.12. The van der Waals surface area contributed by atoms with Gasteiger partial charge in [0.25, 0.3) is 0 Å². The van der Waals surface area contributed by atoms with Gasteiger partial charge >= 0.3 is 0 Å². The van der Waals surface area contributed by atoms with E-state index in [4.69, 9.17) is 11.6 Å². The number of hydrogen-bond donors (Lipinski definition) is 1. The van der Waals surface area contributed by atoms with Gasteiger partial charge < -0.3 is 0 Å². The Kier molecular flexibility index (Phi) is 3.35. The zero-order chi connectivity index (χ0) is 10.9. The molecule has 15 heavy (non-hydrogen) atoms. The van der Waals surface area contributed by atoms with E-state index < -0.39 is 10.0 Å². The molecular weight excluding hydrogens is 254 g/mol. The SMILES string of the molecule is O=S(=O)(NC1CC1)c1ccc(CCCl)s1. The quantitative estimate of drug-likeness (QED) is 0.828. The highest BCUT2D eigenvalue weighted by Gasteiger charge is 2.28. The second-order valence-electron chi connectivity index (χ2n) is 3.56. The number of alkyl halides is 1. The molecule has 0 bridgehead atoms. The van der Waals surface area contributed by atoms with Crippen LogP contribution >= 0.6 is 22.9 Å². The number of thiophene rings is 1. The van der Waals surface area contributed by atoms with Gasteiger partial charge in [0.15, 0.2) is 0 Å². The van der Waals surface area contributed by atoms with E-state index in [-0.39, 0.29) is 6.04 Å². The highest BCUT2D eigenvalue weighted by molar-refractivity contribution is 7.91. The molecule has 0 unspecified atom stereocenters. The van der Waals surface area contributed by atoms with Crippen molar-refractivity contribution in [3.05, 3.63) is 17.0 Å². The van der Waals surface area contributed by atoms with Crippen molar-refractivity contribution in [2.45, 2.75) is 29.5 Å². The summed E-state index contributed by atoms with van der Waals surface area (Å²) in [6, 6.07) is 3.64. The molecule has 1 N–H and O–H groups in total. The standard InChI is InChI=1S/C9H12ClNO2S2/c10-6-5-8-3-4-9(14-8)15(12,13)11-7-1-2-7/h3-4,7,11H,1-2,5-6H2. The molecule has 0 spiro atoms. The molecule has 0 aliphatic heterocycles. The lowest BCUT2D eigenvalue weighted by Gasteiger charge is -2.01. The summed E-state index contributed by atoms with van der Waals surface area (Å²) in [5, 5.41) is 0. The molecule has 2 rings (SSSR count). The van der Waals surface area contributed by atoms with Gasteiger partial charge in [-0.05, 0) is 31.4 Å². The first-order valence-corrected chi connectivity index (χ1v) is 7.62. The molecule has 1 aliphatic carbocycles. The fourth-order valence-corrected chi connectivity index (χ4v) is 4.20. The smallest absolute Gasteiger partial charge is 0.207 e. The topological polar surface area (TPSA) is 46.2 Å². The van der Waals surface area contributed by atoms with Crippen LogP contribution in [0.4, 0.5) is 0 Å². The van der Waals surface area contributed by atoms with Crippen molar-refractivity contribution in [2.75, 3.05) is 5.88 Å². The normalized spacial score (nSPS) is 16.9. The van der Waals surface area contributed by atoms with E-state index in [0.29, 0.717) is 10.1 Å². The molecule has 1 fully saturated rings. The van der Waals surface area contributed by atoms with Crippen molar-refractivity contribution in [3.8, 4) is 0 Å². The van der Waals surface area contributed by atoms with Gasteiger partial charge in [-0.25, -0.2) is 13.1 Å². The Morgan fingerprint density at radius 3 is 2.80 bits per heavy atom. The van der Waals surface area contributed by atoms with E-state index in [2.05, 4.69) is 4.72 Å². The monoisotopic (exact) mass is 265 g/mol. The van der Waals surface area contributed by atoms with Gasteiger partial charge in [0, 0.05) is 16.8 Å².